The molecular formula is C12H14ClN3. The number of aryl methyl sites for hydroxylation is 2. The molecule has 0 fully saturated rings. The van der Waals surface area contributed by atoms with Crippen LogP contribution in [0, 0.1) is 6.92 Å². The molecule has 0 aliphatic rings. The van der Waals surface area contributed by atoms with E-state index in [0.717, 1.165) is 27.5 Å². The standard InChI is InChI=1S/C12H14ClN3/c1-8-12(11(7-14)16(2)15-8)9-3-5-10(13)6-4-9/h3-6H,7,14H2,1-2H3. The van der Waals surface area contributed by atoms with Crippen molar-refractivity contribution in [2.45, 2.75) is 13.5 Å². The molecule has 0 amide bonds. The molecule has 0 radical (unpaired) electrons. The van der Waals surface area contributed by atoms with Gasteiger partial charge in [0.15, 0.2) is 0 Å². The van der Waals surface area contributed by atoms with Crippen molar-refractivity contribution in [3.8, 4) is 11.1 Å². The number of hydrogen-bond acceptors (Lipinski definition) is 2. The number of halogens is 1. The topological polar surface area (TPSA) is 43.8 Å². The molecule has 2 rings (SSSR count). The fraction of sp³-hybridized carbons (Fsp3) is 0.250. The fourth-order valence-corrected chi connectivity index (χ4v) is 2.06. The molecular weight excluding hydrogens is 222 g/mol. The minimum Gasteiger partial charge on any atom is -0.325 e. The Morgan fingerprint density at radius 1 is 1.31 bits per heavy atom. The van der Waals surface area contributed by atoms with Crippen LogP contribution in [0.25, 0.3) is 11.1 Å². The van der Waals surface area contributed by atoms with Crippen molar-refractivity contribution in [1.82, 2.24) is 9.78 Å². The van der Waals surface area contributed by atoms with Crippen LogP contribution in [0.15, 0.2) is 24.3 Å². The Morgan fingerprint density at radius 3 is 2.50 bits per heavy atom. The maximum absolute atomic E-state index is 5.87. The van der Waals surface area contributed by atoms with Crippen LogP contribution in [-0.2, 0) is 13.6 Å². The van der Waals surface area contributed by atoms with Gasteiger partial charge < -0.3 is 5.73 Å². The molecule has 0 unspecified atom stereocenters. The third-order valence-corrected chi connectivity index (χ3v) is 2.92. The van der Waals surface area contributed by atoms with Gasteiger partial charge >= 0.3 is 0 Å². The van der Waals surface area contributed by atoms with Gasteiger partial charge in [-0.25, -0.2) is 0 Å². The molecule has 0 saturated carbocycles. The van der Waals surface area contributed by atoms with Crippen molar-refractivity contribution >= 4 is 11.6 Å². The van der Waals surface area contributed by atoms with Crippen LogP contribution in [0.4, 0.5) is 0 Å². The molecule has 84 valence electrons. The first-order valence-electron chi connectivity index (χ1n) is 5.12. The largest absolute Gasteiger partial charge is 0.325 e. The Kier molecular flexibility index (Phi) is 2.99. The molecule has 1 heterocycles. The predicted molar refractivity (Wildman–Crippen MR) is 66.3 cm³/mol. The summed E-state index contributed by atoms with van der Waals surface area (Å²) in [5, 5.41) is 5.12. The first-order chi connectivity index (χ1) is 7.63. The van der Waals surface area contributed by atoms with E-state index in [-0.39, 0.29) is 0 Å². The van der Waals surface area contributed by atoms with E-state index in [2.05, 4.69) is 5.10 Å². The molecule has 0 atom stereocenters. The second-order valence-electron chi connectivity index (χ2n) is 3.74. The number of nitrogens with two attached hydrogens (primary N) is 1. The van der Waals surface area contributed by atoms with E-state index in [4.69, 9.17) is 17.3 Å². The van der Waals surface area contributed by atoms with Crippen LogP contribution in [0.1, 0.15) is 11.4 Å². The Labute approximate surface area is 99.8 Å². The molecule has 2 aromatic rings. The van der Waals surface area contributed by atoms with Crippen molar-refractivity contribution < 1.29 is 0 Å². The quantitative estimate of drug-likeness (QED) is 0.869. The summed E-state index contributed by atoms with van der Waals surface area (Å²) in [5.74, 6) is 0. The highest BCUT2D eigenvalue weighted by Gasteiger charge is 2.13. The molecule has 0 spiro atoms. The van der Waals surface area contributed by atoms with E-state index in [0.29, 0.717) is 6.54 Å². The Balaban J connectivity index is 2.59. The lowest BCUT2D eigenvalue weighted by molar-refractivity contribution is 0.706. The van der Waals surface area contributed by atoms with E-state index in [1.54, 1.807) is 0 Å². The average Bonchev–Trinajstić information content (AvgIpc) is 2.54. The zero-order valence-corrected chi connectivity index (χ0v) is 10.1. The zero-order valence-electron chi connectivity index (χ0n) is 9.37. The van der Waals surface area contributed by atoms with Gasteiger partial charge in [0.05, 0.1) is 11.4 Å². The second kappa shape index (κ2) is 4.28. The van der Waals surface area contributed by atoms with Gasteiger partial charge in [0.2, 0.25) is 0 Å². The van der Waals surface area contributed by atoms with Gasteiger partial charge in [0, 0.05) is 24.2 Å². The summed E-state index contributed by atoms with van der Waals surface area (Å²) in [6.07, 6.45) is 0. The highest BCUT2D eigenvalue weighted by Crippen LogP contribution is 2.27. The molecule has 1 aromatic heterocycles. The van der Waals surface area contributed by atoms with Gasteiger partial charge in [-0.05, 0) is 24.6 Å². The molecule has 0 bridgehead atoms. The predicted octanol–water partition coefficient (Wildman–Crippen LogP) is 2.51. The lowest BCUT2D eigenvalue weighted by Gasteiger charge is -2.04. The highest BCUT2D eigenvalue weighted by molar-refractivity contribution is 6.30. The number of benzene rings is 1. The van der Waals surface area contributed by atoms with Crippen LogP contribution in [-0.4, -0.2) is 9.78 Å². The summed E-state index contributed by atoms with van der Waals surface area (Å²) in [4.78, 5) is 0. The monoisotopic (exact) mass is 235 g/mol. The van der Waals surface area contributed by atoms with Gasteiger partial charge in [-0.3, -0.25) is 4.68 Å². The van der Waals surface area contributed by atoms with Crippen LogP contribution in [0.5, 0.6) is 0 Å². The molecule has 16 heavy (non-hydrogen) atoms. The van der Waals surface area contributed by atoms with Gasteiger partial charge in [-0.2, -0.15) is 5.10 Å². The summed E-state index contributed by atoms with van der Waals surface area (Å²) in [6, 6.07) is 7.74. The van der Waals surface area contributed by atoms with Crippen molar-refractivity contribution in [2.24, 2.45) is 12.8 Å². The Morgan fingerprint density at radius 2 is 1.94 bits per heavy atom. The van der Waals surface area contributed by atoms with E-state index >= 15 is 0 Å². The number of aromatic nitrogens is 2. The fourth-order valence-electron chi connectivity index (χ4n) is 1.93. The molecule has 0 aliphatic heterocycles. The number of hydrogen-bond donors (Lipinski definition) is 1. The van der Waals surface area contributed by atoms with Crippen molar-refractivity contribution in [3.63, 3.8) is 0 Å². The van der Waals surface area contributed by atoms with Gasteiger partial charge in [-0.1, -0.05) is 23.7 Å². The number of nitrogens with zero attached hydrogens (tertiary/aromatic N) is 2. The first kappa shape index (κ1) is 11.2. The molecule has 3 nitrogen and oxygen atoms in total. The zero-order chi connectivity index (χ0) is 11.7. The van der Waals surface area contributed by atoms with Crippen molar-refractivity contribution in [2.75, 3.05) is 0 Å². The third kappa shape index (κ3) is 1.84. The number of rotatable bonds is 2. The Hall–Kier alpha value is -1.32. The smallest absolute Gasteiger partial charge is 0.0675 e. The Bertz CT molecular complexity index is 500. The van der Waals surface area contributed by atoms with E-state index in [9.17, 15) is 0 Å². The van der Waals surface area contributed by atoms with Crippen LogP contribution in [0.2, 0.25) is 5.02 Å². The maximum Gasteiger partial charge on any atom is 0.0675 e. The van der Waals surface area contributed by atoms with E-state index in [1.165, 1.54) is 0 Å². The normalized spacial score (nSPS) is 10.8. The van der Waals surface area contributed by atoms with Crippen LogP contribution >= 0.6 is 11.6 Å². The minimum absolute atomic E-state index is 0.481. The summed E-state index contributed by atoms with van der Waals surface area (Å²) in [7, 11) is 1.91. The maximum atomic E-state index is 5.87. The second-order valence-corrected chi connectivity index (χ2v) is 4.18. The van der Waals surface area contributed by atoms with E-state index in [1.807, 2.05) is 42.9 Å². The minimum atomic E-state index is 0.481. The van der Waals surface area contributed by atoms with Crippen LogP contribution < -0.4 is 5.73 Å². The van der Waals surface area contributed by atoms with Gasteiger partial charge in [-0.15, -0.1) is 0 Å². The van der Waals surface area contributed by atoms with E-state index < -0.39 is 0 Å². The summed E-state index contributed by atoms with van der Waals surface area (Å²) < 4.78 is 1.83. The van der Waals surface area contributed by atoms with Gasteiger partial charge in [0.1, 0.15) is 0 Å². The molecule has 0 saturated heterocycles. The molecule has 4 heteroatoms. The molecule has 2 N–H and O–H groups in total. The van der Waals surface area contributed by atoms with Crippen molar-refractivity contribution in [1.29, 1.82) is 0 Å². The summed E-state index contributed by atoms with van der Waals surface area (Å²) in [5.41, 5.74) is 10.00. The molecule has 0 aliphatic carbocycles. The lowest BCUT2D eigenvalue weighted by atomic mass is 10.0. The first-order valence-corrected chi connectivity index (χ1v) is 5.49. The highest BCUT2D eigenvalue weighted by atomic mass is 35.5. The van der Waals surface area contributed by atoms with Crippen molar-refractivity contribution in [3.05, 3.63) is 40.7 Å². The SMILES string of the molecule is Cc1nn(C)c(CN)c1-c1ccc(Cl)cc1. The summed E-state index contributed by atoms with van der Waals surface area (Å²) >= 11 is 5.87. The lowest BCUT2D eigenvalue weighted by Crippen LogP contribution is -2.05. The van der Waals surface area contributed by atoms with Gasteiger partial charge in [0.25, 0.3) is 0 Å². The third-order valence-electron chi connectivity index (χ3n) is 2.67. The average molecular weight is 236 g/mol. The van der Waals surface area contributed by atoms with Crippen LogP contribution in [0.3, 0.4) is 0 Å². The molecule has 1 aromatic carbocycles. The summed E-state index contributed by atoms with van der Waals surface area (Å²) in [6.45, 7) is 2.47.